The first kappa shape index (κ1) is 26.7. The van der Waals surface area contributed by atoms with Crippen LogP contribution in [0.15, 0.2) is 50.7 Å². The average Bonchev–Trinajstić information content (AvgIpc) is 3.10. The summed E-state index contributed by atoms with van der Waals surface area (Å²) in [6, 6.07) is 9.56. The number of furan rings is 1. The largest absolute Gasteiger partial charge is 0.463 e. The molecule has 0 aliphatic carbocycles. The Morgan fingerprint density at radius 1 is 1.23 bits per heavy atom. The number of sulfonamides is 1. The number of hydrogen-bond acceptors (Lipinski definition) is 5. The van der Waals surface area contributed by atoms with Gasteiger partial charge in [-0.05, 0) is 51.1 Å². The van der Waals surface area contributed by atoms with Crippen molar-refractivity contribution >= 4 is 51.6 Å². The molecule has 0 radical (unpaired) electrons. The summed E-state index contributed by atoms with van der Waals surface area (Å²) in [4.78, 5) is 4.47. The Morgan fingerprint density at radius 2 is 1.97 bits per heavy atom. The van der Waals surface area contributed by atoms with Crippen LogP contribution in [0.4, 0.5) is 0 Å². The van der Waals surface area contributed by atoms with E-state index < -0.39 is 15.6 Å². The summed E-state index contributed by atoms with van der Waals surface area (Å²) in [6.45, 7) is 6.47. The van der Waals surface area contributed by atoms with Crippen molar-refractivity contribution < 1.29 is 17.9 Å². The fourth-order valence-electron chi connectivity index (χ4n) is 2.46. The molecule has 11 heteroatoms. The topological polar surface area (TPSA) is 116 Å². The lowest BCUT2D eigenvalue weighted by atomic mass is 10.0. The molecule has 2 rings (SSSR count). The Morgan fingerprint density at radius 3 is 2.57 bits per heavy atom. The van der Waals surface area contributed by atoms with Gasteiger partial charge in [0.1, 0.15) is 17.1 Å². The Hall–Kier alpha value is -1.34. The Kier molecular flexibility index (Phi) is 10.6. The summed E-state index contributed by atoms with van der Waals surface area (Å²) < 4.78 is 32.6. The molecule has 0 bridgehead atoms. The van der Waals surface area contributed by atoms with Crippen molar-refractivity contribution in [2.24, 2.45) is 4.99 Å². The molecular weight excluding hydrogens is 543 g/mol. The Bertz CT molecular complexity index is 948. The smallest absolute Gasteiger partial charge is 0.240 e. The fraction of sp³-hybridized carbons (Fsp3) is 0.421. The number of aliphatic hydroxyl groups is 1. The van der Waals surface area contributed by atoms with E-state index in [9.17, 15) is 13.5 Å². The van der Waals surface area contributed by atoms with E-state index in [1.165, 1.54) is 12.1 Å². The molecule has 0 saturated heterocycles. The lowest BCUT2D eigenvalue weighted by molar-refractivity contribution is 0.0428. The van der Waals surface area contributed by atoms with E-state index in [1.54, 1.807) is 38.1 Å². The molecule has 0 amide bonds. The lowest BCUT2D eigenvalue weighted by Crippen LogP contribution is -2.42. The standard InChI is InChI=1S/C19H27ClN4O4S.HI/c1-4-21-18(23-13-19(3,25)17-9-8-14(2)28-17)22-10-11-24-29(26,27)16-7-5-6-15(20)12-16;/h5-9,12,24-25H,4,10-11,13H2,1-3H3,(H2,21,22,23);1H. The quantitative estimate of drug-likeness (QED) is 0.159. The second-order valence-corrected chi connectivity index (χ2v) is 8.86. The van der Waals surface area contributed by atoms with Gasteiger partial charge in [-0.1, -0.05) is 17.7 Å². The van der Waals surface area contributed by atoms with Gasteiger partial charge in [-0.15, -0.1) is 24.0 Å². The maximum absolute atomic E-state index is 12.3. The van der Waals surface area contributed by atoms with Gasteiger partial charge in [0.2, 0.25) is 10.0 Å². The van der Waals surface area contributed by atoms with Crippen molar-refractivity contribution in [3.8, 4) is 0 Å². The van der Waals surface area contributed by atoms with Gasteiger partial charge in [0, 0.05) is 24.7 Å². The maximum Gasteiger partial charge on any atom is 0.240 e. The maximum atomic E-state index is 12.3. The highest BCUT2D eigenvalue weighted by atomic mass is 127. The Balaban J connectivity index is 0.00000450. The predicted octanol–water partition coefficient (Wildman–Crippen LogP) is 2.60. The number of guanidine groups is 1. The van der Waals surface area contributed by atoms with Crippen LogP contribution in [-0.4, -0.2) is 45.7 Å². The van der Waals surface area contributed by atoms with Crippen molar-refractivity contribution in [3.63, 3.8) is 0 Å². The van der Waals surface area contributed by atoms with E-state index in [4.69, 9.17) is 16.0 Å². The van der Waals surface area contributed by atoms with E-state index in [1.807, 2.05) is 6.92 Å². The SMILES string of the molecule is CCNC(=NCC(C)(O)c1ccc(C)o1)NCCNS(=O)(=O)c1cccc(Cl)c1.I. The highest BCUT2D eigenvalue weighted by Crippen LogP contribution is 2.23. The molecule has 1 aromatic carbocycles. The highest BCUT2D eigenvalue weighted by molar-refractivity contribution is 14.0. The van der Waals surface area contributed by atoms with E-state index in [-0.39, 0.29) is 42.0 Å². The van der Waals surface area contributed by atoms with Crippen molar-refractivity contribution in [1.29, 1.82) is 0 Å². The summed E-state index contributed by atoms with van der Waals surface area (Å²) in [5.74, 6) is 1.60. The van der Waals surface area contributed by atoms with Gasteiger partial charge in [0.25, 0.3) is 0 Å². The Labute approximate surface area is 199 Å². The van der Waals surface area contributed by atoms with E-state index in [0.29, 0.717) is 35.6 Å². The van der Waals surface area contributed by atoms with Crippen molar-refractivity contribution in [2.45, 2.75) is 31.3 Å². The number of hydrogen-bond donors (Lipinski definition) is 4. The number of nitrogens with one attached hydrogen (secondary N) is 3. The van der Waals surface area contributed by atoms with Crippen LogP contribution >= 0.6 is 35.6 Å². The molecule has 0 fully saturated rings. The van der Waals surface area contributed by atoms with Crippen LogP contribution in [0.1, 0.15) is 25.4 Å². The minimum atomic E-state index is -3.65. The third-order valence-electron chi connectivity index (χ3n) is 3.98. The zero-order chi connectivity index (χ0) is 21.5. The third-order valence-corrected chi connectivity index (χ3v) is 5.67. The third kappa shape index (κ3) is 8.06. The van der Waals surface area contributed by atoms with Crippen LogP contribution in [0, 0.1) is 6.92 Å². The molecule has 4 N–H and O–H groups in total. The number of benzene rings is 1. The first-order valence-electron chi connectivity index (χ1n) is 9.21. The number of aliphatic imine (C=N–C) groups is 1. The molecule has 0 saturated carbocycles. The minimum Gasteiger partial charge on any atom is -0.463 e. The molecular formula is C19H28ClIN4O4S. The van der Waals surface area contributed by atoms with Crippen LogP contribution in [0.3, 0.4) is 0 Å². The summed E-state index contributed by atoms with van der Waals surface area (Å²) in [6.07, 6.45) is 0. The molecule has 1 heterocycles. The molecule has 168 valence electrons. The van der Waals surface area contributed by atoms with Gasteiger partial charge in [-0.3, -0.25) is 0 Å². The van der Waals surface area contributed by atoms with E-state index in [2.05, 4.69) is 20.3 Å². The van der Waals surface area contributed by atoms with Gasteiger partial charge in [0.15, 0.2) is 5.96 Å². The van der Waals surface area contributed by atoms with Crippen molar-refractivity contribution in [3.05, 3.63) is 52.9 Å². The molecule has 1 aromatic heterocycles. The average molecular weight is 571 g/mol. The zero-order valence-electron chi connectivity index (χ0n) is 17.1. The number of aryl methyl sites for hydroxylation is 1. The second kappa shape index (κ2) is 11.9. The van der Waals surface area contributed by atoms with E-state index in [0.717, 1.165) is 0 Å². The number of nitrogens with zero attached hydrogens (tertiary/aromatic N) is 1. The van der Waals surface area contributed by atoms with Crippen LogP contribution in [-0.2, 0) is 15.6 Å². The number of halogens is 2. The zero-order valence-corrected chi connectivity index (χ0v) is 21.0. The molecule has 0 spiro atoms. The minimum absolute atomic E-state index is 0. The molecule has 1 unspecified atom stereocenters. The monoisotopic (exact) mass is 570 g/mol. The summed E-state index contributed by atoms with van der Waals surface area (Å²) in [5, 5.41) is 17.0. The summed E-state index contributed by atoms with van der Waals surface area (Å²) >= 11 is 5.85. The van der Waals surface area contributed by atoms with Gasteiger partial charge in [-0.2, -0.15) is 0 Å². The fourth-order valence-corrected chi connectivity index (χ4v) is 3.79. The normalized spacial score (nSPS) is 14.0. The van der Waals surface area contributed by atoms with E-state index >= 15 is 0 Å². The lowest BCUT2D eigenvalue weighted by Gasteiger charge is -2.19. The van der Waals surface area contributed by atoms with Gasteiger partial charge < -0.3 is 20.2 Å². The molecule has 0 aliphatic heterocycles. The predicted molar refractivity (Wildman–Crippen MR) is 129 cm³/mol. The van der Waals surface area contributed by atoms with Gasteiger partial charge in [-0.25, -0.2) is 18.1 Å². The van der Waals surface area contributed by atoms with Gasteiger partial charge in [0.05, 0.1) is 11.4 Å². The second-order valence-electron chi connectivity index (χ2n) is 6.66. The molecule has 1 atom stereocenters. The first-order valence-corrected chi connectivity index (χ1v) is 11.1. The van der Waals surface area contributed by atoms with Crippen LogP contribution in [0.25, 0.3) is 0 Å². The van der Waals surface area contributed by atoms with Crippen molar-refractivity contribution in [2.75, 3.05) is 26.2 Å². The number of rotatable bonds is 9. The summed E-state index contributed by atoms with van der Waals surface area (Å²) in [7, 11) is -3.65. The van der Waals surface area contributed by atoms with Gasteiger partial charge >= 0.3 is 0 Å². The molecule has 30 heavy (non-hydrogen) atoms. The van der Waals surface area contributed by atoms with Crippen LogP contribution < -0.4 is 15.4 Å². The molecule has 2 aromatic rings. The van der Waals surface area contributed by atoms with Crippen molar-refractivity contribution in [1.82, 2.24) is 15.4 Å². The molecule has 0 aliphatic rings. The van der Waals surface area contributed by atoms with Crippen LogP contribution in [0.5, 0.6) is 0 Å². The van der Waals surface area contributed by atoms with Crippen LogP contribution in [0.2, 0.25) is 5.02 Å². The highest BCUT2D eigenvalue weighted by Gasteiger charge is 2.26. The summed E-state index contributed by atoms with van der Waals surface area (Å²) in [5.41, 5.74) is -1.26. The molecule has 8 nitrogen and oxygen atoms in total. The first-order chi connectivity index (χ1) is 13.6.